The van der Waals surface area contributed by atoms with Crippen LogP contribution in [0, 0.1) is 6.92 Å². The molecular weight excluding hydrogens is 518 g/mol. The molecule has 0 saturated heterocycles. The van der Waals surface area contributed by atoms with Crippen LogP contribution in [-0.4, -0.2) is 34.8 Å². The van der Waals surface area contributed by atoms with Crippen LogP contribution in [0.5, 0.6) is 0 Å². The summed E-state index contributed by atoms with van der Waals surface area (Å²) in [6.07, 6.45) is -11.5. The Hall–Kier alpha value is -4.19. The monoisotopic (exact) mass is 534 g/mol. The van der Waals surface area contributed by atoms with E-state index < -0.39 is 64.2 Å². The number of anilines is 1. The van der Waals surface area contributed by atoms with Crippen molar-refractivity contribution in [2.45, 2.75) is 25.5 Å². The Bertz CT molecular complexity index is 1560. The molecule has 12 heteroatoms. The molecule has 5 rings (SSSR count). The molecule has 0 saturated carbocycles. The summed E-state index contributed by atoms with van der Waals surface area (Å²) in [4.78, 5) is 40.0. The lowest BCUT2D eigenvalue weighted by molar-refractivity contribution is -0.139. The van der Waals surface area contributed by atoms with E-state index in [0.29, 0.717) is 11.0 Å². The number of aliphatic hydroxyl groups excluding tert-OH is 1. The van der Waals surface area contributed by atoms with Crippen LogP contribution in [0.4, 0.5) is 32.0 Å². The van der Waals surface area contributed by atoms with Crippen LogP contribution >= 0.6 is 0 Å². The SMILES string of the molecule is Cc1ccc(-c2ccc(N3C(=O)c4cc5c(cc4C3=O)C(O)N(C)C5=O)cc2C(F)(F)F)c(C(F)(F)F)c1. The molecule has 3 aromatic rings. The first-order valence-corrected chi connectivity index (χ1v) is 11.0. The molecule has 3 aromatic carbocycles. The molecule has 196 valence electrons. The summed E-state index contributed by atoms with van der Waals surface area (Å²) < 4.78 is 83.4. The normalized spacial score (nSPS) is 17.4. The highest BCUT2D eigenvalue weighted by molar-refractivity contribution is 6.35. The number of carbonyl (C=O) groups excluding carboxylic acids is 3. The zero-order valence-electron chi connectivity index (χ0n) is 19.5. The topological polar surface area (TPSA) is 77.9 Å². The summed E-state index contributed by atoms with van der Waals surface area (Å²) in [5, 5.41) is 10.2. The molecule has 0 aliphatic carbocycles. The van der Waals surface area contributed by atoms with Crippen molar-refractivity contribution in [1.82, 2.24) is 4.90 Å². The van der Waals surface area contributed by atoms with Gasteiger partial charge in [0.2, 0.25) is 0 Å². The van der Waals surface area contributed by atoms with Crippen molar-refractivity contribution in [2.75, 3.05) is 11.9 Å². The van der Waals surface area contributed by atoms with E-state index in [1.165, 1.54) is 20.0 Å². The van der Waals surface area contributed by atoms with E-state index in [1.54, 1.807) is 0 Å². The number of benzene rings is 3. The van der Waals surface area contributed by atoms with Gasteiger partial charge in [0.1, 0.15) is 0 Å². The number of nitrogens with zero attached hydrogens (tertiary/aromatic N) is 2. The fraction of sp³-hybridized carbons (Fsp3) is 0.192. The third-order valence-electron chi connectivity index (χ3n) is 6.59. The lowest BCUT2D eigenvalue weighted by Crippen LogP contribution is -2.30. The highest BCUT2D eigenvalue weighted by Gasteiger charge is 2.44. The smallest absolute Gasteiger partial charge is 0.369 e. The third kappa shape index (κ3) is 3.74. The Balaban J connectivity index is 1.64. The van der Waals surface area contributed by atoms with Crippen LogP contribution in [-0.2, 0) is 12.4 Å². The second-order valence-corrected chi connectivity index (χ2v) is 8.99. The van der Waals surface area contributed by atoms with Gasteiger partial charge in [-0.1, -0.05) is 23.8 Å². The molecular formula is C26H16F6N2O4. The maximum atomic E-state index is 14.1. The van der Waals surface area contributed by atoms with Crippen molar-refractivity contribution in [3.05, 3.63) is 87.5 Å². The van der Waals surface area contributed by atoms with Crippen LogP contribution in [0.2, 0.25) is 0 Å². The number of imide groups is 1. The van der Waals surface area contributed by atoms with E-state index in [2.05, 4.69) is 0 Å². The van der Waals surface area contributed by atoms with Crippen molar-refractivity contribution < 1.29 is 45.8 Å². The van der Waals surface area contributed by atoms with Gasteiger partial charge in [0.15, 0.2) is 6.23 Å². The van der Waals surface area contributed by atoms with E-state index in [0.717, 1.165) is 41.3 Å². The van der Waals surface area contributed by atoms with Crippen molar-refractivity contribution in [1.29, 1.82) is 0 Å². The van der Waals surface area contributed by atoms with Gasteiger partial charge in [-0.05, 0) is 48.4 Å². The maximum Gasteiger partial charge on any atom is 0.417 e. The first kappa shape index (κ1) is 25.5. The van der Waals surface area contributed by atoms with E-state index >= 15 is 0 Å². The molecule has 0 fully saturated rings. The highest BCUT2D eigenvalue weighted by atomic mass is 19.4. The van der Waals surface area contributed by atoms with Gasteiger partial charge in [0.05, 0.1) is 27.9 Å². The Morgan fingerprint density at radius 3 is 1.79 bits per heavy atom. The standard InChI is InChI=1S/C26H16F6N2O4/c1-11-3-5-13(19(7-11)25(27,28)29)14-6-4-12(8-20(14)26(30,31)32)34-23(37)17-9-15-16(10-18(17)24(34)38)22(36)33(2)21(15)35/h3-10,21,35H,1-2H3. The summed E-state index contributed by atoms with van der Waals surface area (Å²) >= 11 is 0. The number of halogens is 6. The number of rotatable bonds is 2. The van der Waals surface area contributed by atoms with Crippen LogP contribution < -0.4 is 4.90 Å². The molecule has 0 aromatic heterocycles. The minimum absolute atomic E-state index is 0.0351. The van der Waals surface area contributed by atoms with Gasteiger partial charge < -0.3 is 10.0 Å². The average molecular weight is 534 g/mol. The minimum atomic E-state index is -5.14. The van der Waals surface area contributed by atoms with Crippen molar-refractivity contribution in [3.63, 3.8) is 0 Å². The predicted molar refractivity (Wildman–Crippen MR) is 121 cm³/mol. The molecule has 2 aliphatic heterocycles. The zero-order valence-corrected chi connectivity index (χ0v) is 19.5. The Morgan fingerprint density at radius 1 is 0.684 bits per heavy atom. The van der Waals surface area contributed by atoms with Crippen LogP contribution in [0.1, 0.15) is 59.6 Å². The molecule has 3 amide bonds. The molecule has 1 atom stereocenters. The number of hydrogen-bond acceptors (Lipinski definition) is 4. The van der Waals surface area contributed by atoms with Crippen LogP contribution in [0.25, 0.3) is 11.1 Å². The quantitative estimate of drug-likeness (QED) is 0.344. The highest BCUT2D eigenvalue weighted by Crippen LogP contribution is 2.45. The first-order valence-electron chi connectivity index (χ1n) is 11.0. The average Bonchev–Trinajstić information content (AvgIpc) is 3.21. The van der Waals surface area contributed by atoms with Gasteiger partial charge in [-0.25, -0.2) is 4.90 Å². The number of fused-ring (bicyclic) bond motifs is 2. The number of aliphatic hydroxyl groups is 1. The summed E-state index contributed by atoms with van der Waals surface area (Å²) in [5.74, 6) is -2.64. The van der Waals surface area contributed by atoms with Crippen molar-refractivity contribution in [2.24, 2.45) is 0 Å². The molecule has 38 heavy (non-hydrogen) atoms. The number of aryl methyl sites for hydroxylation is 1. The first-order chi connectivity index (χ1) is 17.6. The molecule has 0 radical (unpaired) electrons. The maximum absolute atomic E-state index is 14.1. The van der Waals surface area contributed by atoms with Crippen molar-refractivity contribution >= 4 is 23.4 Å². The molecule has 1 unspecified atom stereocenters. The molecule has 2 heterocycles. The number of hydrogen-bond donors (Lipinski definition) is 1. The van der Waals surface area contributed by atoms with E-state index in [4.69, 9.17) is 0 Å². The predicted octanol–water partition coefficient (Wildman–Crippen LogP) is 5.58. The van der Waals surface area contributed by atoms with Gasteiger partial charge >= 0.3 is 12.4 Å². The fourth-order valence-electron chi connectivity index (χ4n) is 4.71. The van der Waals surface area contributed by atoms with Gasteiger partial charge in [-0.2, -0.15) is 26.3 Å². The fourth-order valence-corrected chi connectivity index (χ4v) is 4.71. The van der Waals surface area contributed by atoms with Gasteiger partial charge in [0.25, 0.3) is 17.7 Å². The molecule has 1 N–H and O–H groups in total. The van der Waals surface area contributed by atoms with Crippen LogP contribution in [0.3, 0.4) is 0 Å². The van der Waals surface area contributed by atoms with Gasteiger partial charge in [-0.3, -0.25) is 14.4 Å². The second kappa shape index (κ2) is 8.15. The lowest BCUT2D eigenvalue weighted by Gasteiger charge is -2.21. The Morgan fingerprint density at radius 2 is 1.21 bits per heavy atom. The Labute approximate surface area is 210 Å². The molecule has 2 aliphatic rings. The number of carbonyl (C=O) groups is 3. The number of alkyl halides is 6. The summed E-state index contributed by atoms with van der Waals surface area (Å²) in [6, 6.07) is 7.33. The summed E-state index contributed by atoms with van der Waals surface area (Å²) in [5.41, 5.74) is -5.01. The lowest BCUT2D eigenvalue weighted by atomic mass is 9.93. The largest absolute Gasteiger partial charge is 0.417 e. The second-order valence-electron chi connectivity index (χ2n) is 8.99. The third-order valence-corrected chi connectivity index (χ3v) is 6.59. The van der Waals surface area contributed by atoms with E-state index in [1.807, 2.05) is 0 Å². The molecule has 0 bridgehead atoms. The molecule has 0 spiro atoms. The van der Waals surface area contributed by atoms with Crippen LogP contribution in [0.15, 0.2) is 48.5 Å². The van der Waals surface area contributed by atoms with E-state index in [-0.39, 0.29) is 27.8 Å². The summed E-state index contributed by atoms with van der Waals surface area (Å²) in [6.45, 7) is 1.37. The van der Waals surface area contributed by atoms with Gasteiger partial charge in [-0.15, -0.1) is 0 Å². The minimum Gasteiger partial charge on any atom is -0.369 e. The van der Waals surface area contributed by atoms with Crippen molar-refractivity contribution in [3.8, 4) is 11.1 Å². The summed E-state index contributed by atoms with van der Waals surface area (Å²) in [7, 11) is 1.31. The Kier molecular flexibility index (Phi) is 5.46. The zero-order chi connectivity index (χ0) is 27.9. The molecule has 6 nitrogen and oxygen atoms in total. The number of amides is 3. The van der Waals surface area contributed by atoms with Gasteiger partial charge in [0, 0.05) is 18.2 Å². The van der Waals surface area contributed by atoms with E-state index in [9.17, 15) is 45.8 Å².